The van der Waals surface area contributed by atoms with Crippen molar-refractivity contribution < 1.29 is 9.53 Å². The molecule has 5 heteroatoms. The monoisotopic (exact) mass is 340 g/mol. The number of amides is 1. The first-order valence-corrected chi connectivity index (χ1v) is 8.71. The van der Waals surface area contributed by atoms with Crippen LogP contribution in [0, 0.1) is 13.8 Å². The van der Waals surface area contributed by atoms with Gasteiger partial charge in [0.2, 0.25) is 0 Å². The Labute approximate surface area is 147 Å². The fourth-order valence-electron chi connectivity index (χ4n) is 3.21. The lowest BCUT2D eigenvalue weighted by Crippen LogP contribution is -2.42. The van der Waals surface area contributed by atoms with Gasteiger partial charge in [-0.3, -0.25) is 9.59 Å². The van der Waals surface area contributed by atoms with E-state index in [2.05, 4.69) is 10.3 Å². The van der Waals surface area contributed by atoms with Crippen molar-refractivity contribution in [2.45, 2.75) is 51.9 Å². The summed E-state index contributed by atoms with van der Waals surface area (Å²) in [5.41, 5.74) is 2.61. The fourth-order valence-corrected chi connectivity index (χ4v) is 3.21. The smallest absolute Gasteiger partial charge is 0.261 e. The van der Waals surface area contributed by atoms with Crippen LogP contribution in [-0.2, 0) is 11.3 Å². The van der Waals surface area contributed by atoms with E-state index in [4.69, 9.17) is 4.74 Å². The summed E-state index contributed by atoms with van der Waals surface area (Å²) in [5, 5.41) is 2.99. The minimum absolute atomic E-state index is 0.0187. The lowest BCUT2D eigenvalue weighted by Gasteiger charge is -2.21. The normalized spacial score (nSPS) is 19.8. The number of ether oxygens (including phenoxy) is 1. The lowest BCUT2D eigenvalue weighted by atomic mass is 10.1. The second kappa shape index (κ2) is 7.66. The number of pyridine rings is 1. The number of benzene rings is 1. The standard InChI is InChI=1S/C20H24N2O3/c1-13-11-16(19(23)21-14(13)2)20(24)22-17-9-6-10-18(17)25-12-15-7-4-3-5-8-15/h3-5,7-8,11,17-18H,6,9-10,12H2,1-2H3,(H,21,23)(H,22,24)/t17-,18-/m1/s1. The van der Waals surface area contributed by atoms with Gasteiger partial charge in [0.1, 0.15) is 5.56 Å². The van der Waals surface area contributed by atoms with Crippen molar-refractivity contribution in [1.82, 2.24) is 10.3 Å². The molecule has 1 aliphatic carbocycles. The summed E-state index contributed by atoms with van der Waals surface area (Å²) in [7, 11) is 0. The van der Waals surface area contributed by atoms with Crippen molar-refractivity contribution in [2.24, 2.45) is 0 Å². The molecule has 2 aromatic rings. The molecule has 0 saturated heterocycles. The molecular formula is C20H24N2O3. The molecule has 1 saturated carbocycles. The van der Waals surface area contributed by atoms with Crippen LogP contribution in [0.4, 0.5) is 0 Å². The highest BCUT2D eigenvalue weighted by Crippen LogP contribution is 2.23. The molecule has 2 atom stereocenters. The molecule has 0 bridgehead atoms. The van der Waals surface area contributed by atoms with Crippen molar-refractivity contribution in [1.29, 1.82) is 0 Å². The van der Waals surface area contributed by atoms with Crippen molar-refractivity contribution in [2.75, 3.05) is 0 Å². The minimum atomic E-state index is -0.347. The Morgan fingerprint density at radius 3 is 2.76 bits per heavy atom. The van der Waals surface area contributed by atoms with Crippen LogP contribution in [0.5, 0.6) is 0 Å². The third-order valence-electron chi connectivity index (χ3n) is 4.82. The summed E-state index contributed by atoms with van der Waals surface area (Å²) >= 11 is 0. The highest BCUT2D eigenvalue weighted by atomic mass is 16.5. The van der Waals surface area contributed by atoms with E-state index in [9.17, 15) is 9.59 Å². The highest BCUT2D eigenvalue weighted by Gasteiger charge is 2.30. The van der Waals surface area contributed by atoms with E-state index in [0.717, 1.165) is 36.1 Å². The van der Waals surface area contributed by atoms with Crippen LogP contribution >= 0.6 is 0 Å². The number of H-pyrrole nitrogens is 1. The molecule has 132 valence electrons. The number of hydrogen-bond acceptors (Lipinski definition) is 3. The Morgan fingerprint density at radius 1 is 1.24 bits per heavy atom. The van der Waals surface area contributed by atoms with E-state index >= 15 is 0 Å². The predicted molar refractivity (Wildman–Crippen MR) is 96.7 cm³/mol. The zero-order valence-electron chi connectivity index (χ0n) is 14.7. The van der Waals surface area contributed by atoms with Crippen LogP contribution in [-0.4, -0.2) is 23.0 Å². The van der Waals surface area contributed by atoms with Gasteiger partial charge in [-0.25, -0.2) is 0 Å². The second-order valence-electron chi connectivity index (χ2n) is 6.67. The Balaban J connectivity index is 1.64. The number of carbonyl (C=O) groups excluding carboxylic acids is 1. The maximum atomic E-state index is 12.5. The molecule has 5 nitrogen and oxygen atoms in total. The number of nitrogens with one attached hydrogen (secondary N) is 2. The van der Waals surface area contributed by atoms with E-state index in [0.29, 0.717) is 6.61 Å². The molecule has 1 amide bonds. The van der Waals surface area contributed by atoms with Crippen LogP contribution in [0.2, 0.25) is 0 Å². The fraction of sp³-hybridized carbons (Fsp3) is 0.400. The number of hydrogen-bond donors (Lipinski definition) is 2. The number of aryl methyl sites for hydroxylation is 2. The number of carbonyl (C=O) groups is 1. The number of aromatic amines is 1. The summed E-state index contributed by atoms with van der Waals surface area (Å²) in [6, 6.07) is 11.6. The predicted octanol–water partition coefficient (Wildman–Crippen LogP) is 2.86. The third kappa shape index (κ3) is 4.17. The molecule has 2 N–H and O–H groups in total. The average molecular weight is 340 g/mol. The number of aromatic nitrogens is 1. The van der Waals surface area contributed by atoms with Gasteiger partial charge in [0.05, 0.1) is 18.8 Å². The molecule has 0 aliphatic heterocycles. The summed E-state index contributed by atoms with van der Waals surface area (Å²) in [6.45, 7) is 4.23. The third-order valence-corrected chi connectivity index (χ3v) is 4.82. The zero-order valence-corrected chi connectivity index (χ0v) is 14.7. The van der Waals surface area contributed by atoms with Gasteiger partial charge in [-0.05, 0) is 50.3 Å². The van der Waals surface area contributed by atoms with Crippen LogP contribution in [0.1, 0.15) is 46.4 Å². The summed E-state index contributed by atoms with van der Waals surface area (Å²) in [5.74, 6) is -0.329. The first-order valence-electron chi connectivity index (χ1n) is 8.71. The van der Waals surface area contributed by atoms with E-state index < -0.39 is 0 Å². The van der Waals surface area contributed by atoms with E-state index in [1.165, 1.54) is 0 Å². The first-order chi connectivity index (χ1) is 12.0. The summed E-state index contributed by atoms with van der Waals surface area (Å²) in [6.07, 6.45) is 2.78. The zero-order chi connectivity index (χ0) is 17.8. The van der Waals surface area contributed by atoms with Gasteiger partial charge in [0, 0.05) is 5.69 Å². The Hall–Kier alpha value is -2.40. The molecule has 1 heterocycles. The first kappa shape index (κ1) is 17.4. The van der Waals surface area contributed by atoms with Crippen molar-refractivity contribution in [3.05, 3.63) is 69.1 Å². The van der Waals surface area contributed by atoms with Gasteiger partial charge in [-0.2, -0.15) is 0 Å². The molecule has 0 spiro atoms. The molecule has 0 unspecified atom stereocenters. The lowest BCUT2D eigenvalue weighted by molar-refractivity contribution is 0.0272. The molecular weight excluding hydrogens is 316 g/mol. The number of rotatable bonds is 5. The largest absolute Gasteiger partial charge is 0.371 e. The van der Waals surface area contributed by atoms with Crippen LogP contribution < -0.4 is 10.9 Å². The topological polar surface area (TPSA) is 71.2 Å². The van der Waals surface area contributed by atoms with Crippen molar-refractivity contribution in [3.63, 3.8) is 0 Å². The van der Waals surface area contributed by atoms with Crippen molar-refractivity contribution >= 4 is 5.91 Å². The molecule has 1 aromatic carbocycles. The quantitative estimate of drug-likeness (QED) is 0.879. The van der Waals surface area contributed by atoms with Gasteiger partial charge < -0.3 is 15.0 Å². The summed E-state index contributed by atoms with van der Waals surface area (Å²) in [4.78, 5) is 27.3. The maximum Gasteiger partial charge on any atom is 0.261 e. The van der Waals surface area contributed by atoms with Gasteiger partial charge in [-0.1, -0.05) is 30.3 Å². The Bertz CT molecular complexity index is 798. The van der Waals surface area contributed by atoms with Crippen LogP contribution in [0.3, 0.4) is 0 Å². The highest BCUT2D eigenvalue weighted by molar-refractivity contribution is 5.94. The van der Waals surface area contributed by atoms with Crippen LogP contribution in [0.15, 0.2) is 41.2 Å². The van der Waals surface area contributed by atoms with E-state index in [1.54, 1.807) is 6.07 Å². The van der Waals surface area contributed by atoms with Gasteiger partial charge in [0.25, 0.3) is 11.5 Å². The van der Waals surface area contributed by atoms with E-state index in [-0.39, 0.29) is 29.2 Å². The minimum Gasteiger partial charge on any atom is -0.371 e. The molecule has 1 aromatic heterocycles. The Kier molecular flexibility index (Phi) is 5.34. The molecule has 1 aliphatic rings. The molecule has 0 radical (unpaired) electrons. The van der Waals surface area contributed by atoms with Gasteiger partial charge in [0.15, 0.2) is 0 Å². The van der Waals surface area contributed by atoms with Gasteiger partial charge >= 0.3 is 0 Å². The molecule has 3 rings (SSSR count). The maximum absolute atomic E-state index is 12.5. The summed E-state index contributed by atoms with van der Waals surface area (Å²) < 4.78 is 6.01. The van der Waals surface area contributed by atoms with E-state index in [1.807, 2.05) is 44.2 Å². The average Bonchev–Trinajstić information content (AvgIpc) is 3.04. The molecule has 25 heavy (non-hydrogen) atoms. The van der Waals surface area contributed by atoms with Gasteiger partial charge in [-0.15, -0.1) is 0 Å². The van der Waals surface area contributed by atoms with Crippen LogP contribution in [0.25, 0.3) is 0 Å². The Morgan fingerprint density at radius 2 is 2.00 bits per heavy atom. The SMILES string of the molecule is Cc1cc(C(=O)N[C@@H]2CCC[C@H]2OCc2ccccc2)c(=O)[nH]c1C. The van der Waals surface area contributed by atoms with Crippen molar-refractivity contribution in [3.8, 4) is 0 Å². The second-order valence-corrected chi connectivity index (χ2v) is 6.67. The molecule has 1 fully saturated rings.